The molecule has 0 saturated heterocycles. The fourth-order valence-corrected chi connectivity index (χ4v) is 2.56. The van der Waals surface area contributed by atoms with Gasteiger partial charge in [-0.05, 0) is 48.7 Å². The Morgan fingerprint density at radius 3 is 2.62 bits per heavy atom. The molecule has 2 aromatic carbocycles. The minimum Gasteiger partial charge on any atom is -0.488 e. The number of halogens is 3. The molecule has 0 saturated carbocycles. The number of alkyl halides is 2. The SMILES string of the molecule is CCc1cc(C(F)F)c(OCc2c(F)cccc2NC(=O)OC)cc1C. The number of anilines is 1. The molecule has 4 nitrogen and oxygen atoms in total. The van der Waals surface area contributed by atoms with E-state index in [0.29, 0.717) is 6.42 Å². The summed E-state index contributed by atoms with van der Waals surface area (Å²) in [5.41, 5.74) is 1.55. The third-order valence-corrected chi connectivity index (χ3v) is 4.00. The van der Waals surface area contributed by atoms with E-state index in [9.17, 15) is 18.0 Å². The molecule has 0 radical (unpaired) electrons. The van der Waals surface area contributed by atoms with E-state index in [-0.39, 0.29) is 29.2 Å². The molecule has 0 aliphatic heterocycles. The lowest BCUT2D eigenvalue weighted by molar-refractivity contribution is 0.144. The van der Waals surface area contributed by atoms with Crippen molar-refractivity contribution >= 4 is 11.8 Å². The molecule has 0 bridgehead atoms. The molecule has 1 N–H and O–H groups in total. The summed E-state index contributed by atoms with van der Waals surface area (Å²) in [5, 5.41) is 2.37. The van der Waals surface area contributed by atoms with Gasteiger partial charge in [-0.3, -0.25) is 5.32 Å². The van der Waals surface area contributed by atoms with Crippen LogP contribution < -0.4 is 10.1 Å². The lowest BCUT2D eigenvalue weighted by atomic mass is 10.0. The standard InChI is InChI=1S/C19H20F3NO3/c1-4-12-9-13(18(21)22)17(8-11(12)2)26-10-14-15(20)6-5-7-16(14)23-19(24)25-3/h5-9,18H,4,10H2,1-3H3,(H,23,24). The number of aryl methyl sites for hydroxylation is 2. The average Bonchev–Trinajstić information content (AvgIpc) is 2.60. The maximum absolute atomic E-state index is 14.1. The second-order valence-corrected chi connectivity index (χ2v) is 5.64. The predicted molar refractivity (Wildman–Crippen MR) is 92.3 cm³/mol. The predicted octanol–water partition coefficient (Wildman–Crippen LogP) is 5.39. The molecule has 26 heavy (non-hydrogen) atoms. The van der Waals surface area contributed by atoms with Gasteiger partial charge in [-0.15, -0.1) is 0 Å². The van der Waals surface area contributed by atoms with Crippen LogP contribution in [0, 0.1) is 12.7 Å². The van der Waals surface area contributed by atoms with Crippen molar-refractivity contribution < 1.29 is 27.4 Å². The van der Waals surface area contributed by atoms with Gasteiger partial charge in [0.1, 0.15) is 18.2 Å². The van der Waals surface area contributed by atoms with E-state index >= 15 is 0 Å². The lowest BCUT2D eigenvalue weighted by Gasteiger charge is -2.16. The number of amides is 1. The van der Waals surface area contributed by atoms with E-state index in [1.54, 1.807) is 6.92 Å². The zero-order valence-corrected chi connectivity index (χ0v) is 14.7. The molecule has 140 valence electrons. The third-order valence-electron chi connectivity index (χ3n) is 4.00. The molecule has 7 heteroatoms. The molecule has 0 heterocycles. The highest BCUT2D eigenvalue weighted by Gasteiger charge is 2.18. The van der Waals surface area contributed by atoms with Gasteiger partial charge in [0.15, 0.2) is 0 Å². The van der Waals surface area contributed by atoms with Crippen molar-refractivity contribution in [3.8, 4) is 5.75 Å². The molecule has 2 rings (SSSR count). The van der Waals surface area contributed by atoms with Gasteiger partial charge < -0.3 is 9.47 Å². The summed E-state index contributed by atoms with van der Waals surface area (Å²) >= 11 is 0. The minimum absolute atomic E-state index is 0.0121. The van der Waals surface area contributed by atoms with Crippen LogP contribution in [-0.2, 0) is 17.8 Å². The molecule has 0 unspecified atom stereocenters. The highest BCUT2D eigenvalue weighted by molar-refractivity contribution is 5.85. The lowest BCUT2D eigenvalue weighted by Crippen LogP contribution is -2.14. The summed E-state index contributed by atoms with van der Waals surface area (Å²) in [4.78, 5) is 11.4. The van der Waals surface area contributed by atoms with Crippen LogP contribution in [0.4, 0.5) is 23.7 Å². The van der Waals surface area contributed by atoms with Crippen LogP contribution in [0.2, 0.25) is 0 Å². The normalized spacial score (nSPS) is 10.7. The van der Waals surface area contributed by atoms with E-state index in [1.807, 2.05) is 6.92 Å². The van der Waals surface area contributed by atoms with Crippen LogP contribution in [0.5, 0.6) is 5.75 Å². The fraction of sp³-hybridized carbons (Fsp3) is 0.316. The number of nitrogens with one attached hydrogen (secondary N) is 1. The van der Waals surface area contributed by atoms with E-state index in [1.165, 1.54) is 37.4 Å². The first-order chi connectivity index (χ1) is 12.4. The Morgan fingerprint density at radius 2 is 2.00 bits per heavy atom. The fourth-order valence-electron chi connectivity index (χ4n) is 2.56. The Kier molecular flexibility index (Phi) is 6.49. The molecule has 0 fully saturated rings. The van der Waals surface area contributed by atoms with Crippen LogP contribution >= 0.6 is 0 Å². The van der Waals surface area contributed by atoms with Gasteiger partial charge in [0.05, 0.1) is 18.4 Å². The molecule has 1 amide bonds. The summed E-state index contributed by atoms with van der Waals surface area (Å²) in [6, 6.07) is 7.01. The largest absolute Gasteiger partial charge is 0.488 e. The zero-order chi connectivity index (χ0) is 19.3. The third kappa shape index (κ3) is 4.47. The number of hydrogen-bond acceptors (Lipinski definition) is 3. The molecule has 0 aromatic heterocycles. The number of ether oxygens (including phenoxy) is 2. The van der Waals surface area contributed by atoms with E-state index in [4.69, 9.17) is 4.74 Å². The monoisotopic (exact) mass is 367 g/mol. The van der Waals surface area contributed by atoms with Gasteiger partial charge in [0.2, 0.25) is 0 Å². The Balaban J connectivity index is 2.32. The first-order valence-corrected chi connectivity index (χ1v) is 8.04. The molecular formula is C19H20F3NO3. The van der Waals surface area contributed by atoms with Gasteiger partial charge in [-0.2, -0.15) is 0 Å². The van der Waals surface area contributed by atoms with Crippen LogP contribution in [0.15, 0.2) is 30.3 Å². The van der Waals surface area contributed by atoms with Crippen molar-refractivity contribution in [1.29, 1.82) is 0 Å². The van der Waals surface area contributed by atoms with Crippen molar-refractivity contribution in [2.24, 2.45) is 0 Å². The van der Waals surface area contributed by atoms with Gasteiger partial charge in [0.25, 0.3) is 6.43 Å². The maximum atomic E-state index is 14.1. The summed E-state index contributed by atoms with van der Waals surface area (Å²) in [6.07, 6.45) is -2.87. The Labute approximate surface area is 149 Å². The van der Waals surface area contributed by atoms with Crippen molar-refractivity contribution in [1.82, 2.24) is 0 Å². The topological polar surface area (TPSA) is 47.6 Å². The first kappa shape index (κ1) is 19.6. The van der Waals surface area contributed by atoms with E-state index in [2.05, 4.69) is 10.1 Å². The number of methoxy groups -OCH3 is 1. The average molecular weight is 367 g/mol. The summed E-state index contributed by atoms with van der Waals surface area (Å²) in [6.45, 7) is 3.35. The highest BCUT2D eigenvalue weighted by Crippen LogP contribution is 2.33. The second-order valence-electron chi connectivity index (χ2n) is 5.64. The van der Waals surface area contributed by atoms with E-state index < -0.39 is 18.3 Å². The van der Waals surface area contributed by atoms with Crippen LogP contribution in [0.3, 0.4) is 0 Å². The molecule has 2 aromatic rings. The number of benzene rings is 2. The zero-order valence-electron chi connectivity index (χ0n) is 14.7. The van der Waals surface area contributed by atoms with Gasteiger partial charge in [0, 0.05) is 5.56 Å². The van der Waals surface area contributed by atoms with E-state index in [0.717, 1.165) is 11.1 Å². The quantitative estimate of drug-likeness (QED) is 0.744. The molecule has 0 aliphatic carbocycles. The van der Waals surface area contributed by atoms with Crippen LogP contribution in [-0.4, -0.2) is 13.2 Å². The second kappa shape index (κ2) is 8.60. The van der Waals surface area contributed by atoms with Gasteiger partial charge in [-0.25, -0.2) is 18.0 Å². The van der Waals surface area contributed by atoms with Crippen LogP contribution in [0.1, 0.15) is 35.6 Å². The van der Waals surface area contributed by atoms with Gasteiger partial charge >= 0.3 is 6.09 Å². The smallest absolute Gasteiger partial charge is 0.411 e. The minimum atomic E-state index is -2.72. The highest BCUT2D eigenvalue weighted by atomic mass is 19.3. The number of carbonyl (C=O) groups is 1. The van der Waals surface area contributed by atoms with Crippen LogP contribution in [0.25, 0.3) is 0 Å². The maximum Gasteiger partial charge on any atom is 0.411 e. The van der Waals surface area contributed by atoms with Crippen molar-refractivity contribution in [3.05, 3.63) is 58.4 Å². The Morgan fingerprint density at radius 1 is 1.27 bits per heavy atom. The first-order valence-electron chi connectivity index (χ1n) is 8.04. The Hall–Kier alpha value is -2.70. The molecule has 0 spiro atoms. The molecule has 0 atom stereocenters. The number of hydrogen-bond donors (Lipinski definition) is 1. The molecular weight excluding hydrogens is 347 g/mol. The van der Waals surface area contributed by atoms with Crippen molar-refractivity contribution in [3.63, 3.8) is 0 Å². The van der Waals surface area contributed by atoms with Crippen molar-refractivity contribution in [2.45, 2.75) is 33.3 Å². The Bertz CT molecular complexity index is 794. The van der Waals surface area contributed by atoms with Gasteiger partial charge in [-0.1, -0.05) is 13.0 Å². The molecule has 0 aliphatic rings. The summed E-state index contributed by atoms with van der Waals surface area (Å²) in [7, 11) is 1.18. The summed E-state index contributed by atoms with van der Waals surface area (Å²) in [5.74, 6) is -0.638. The number of carbonyl (C=O) groups excluding carboxylic acids is 1. The van der Waals surface area contributed by atoms with Crippen molar-refractivity contribution in [2.75, 3.05) is 12.4 Å². The summed E-state index contributed by atoms with van der Waals surface area (Å²) < 4.78 is 50.8. The number of rotatable bonds is 6.